The molecule has 5 heteroatoms. The first kappa shape index (κ1) is 18.1. The number of fused-ring (bicyclic) bond motifs is 2. The third-order valence-electron chi connectivity index (χ3n) is 5.93. The SMILES string of the molecule is N#CC(C#N)C1C2=C(CC(c3ccccc3)CC2=O)Oc2nc3ccccc3cc21. The highest BCUT2D eigenvalue weighted by molar-refractivity contribution is 6.00. The average Bonchev–Trinajstić information content (AvgIpc) is 2.78. The molecule has 5 nitrogen and oxygen atoms in total. The van der Waals surface area contributed by atoms with Crippen LogP contribution in [0.4, 0.5) is 0 Å². The molecule has 0 amide bonds. The Kier molecular flexibility index (Phi) is 4.30. The Hall–Kier alpha value is -3.96. The highest BCUT2D eigenvalue weighted by atomic mass is 16.5. The zero-order chi connectivity index (χ0) is 20.7. The fraction of sp³-hybridized carbons (Fsp3) is 0.200. The first-order chi connectivity index (χ1) is 14.7. The van der Waals surface area contributed by atoms with Gasteiger partial charge in [-0.3, -0.25) is 4.79 Å². The molecule has 2 aromatic carbocycles. The predicted octanol–water partition coefficient (Wildman–Crippen LogP) is 4.77. The van der Waals surface area contributed by atoms with Crippen LogP contribution in [-0.2, 0) is 4.79 Å². The maximum Gasteiger partial charge on any atom is 0.223 e. The fourth-order valence-electron chi connectivity index (χ4n) is 4.52. The van der Waals surface area contributed by atoms with Crippen LogP contribution in [-0.4, -0.2) is 10.8 Å². The first-order valence-electron chi connectivity index (χ1n) is 9.87. The van der Waals surface area contributed by atoms with E-state index in [0.29, 0.717) is 35.6 Å². The maximum absolute atomic E-state index is 13.3. The molecule has 0 N–H and O–H groups in total. The summed E-state index contributed by atoms with van der Waals surface area (Å²) in [5.41, 5.74) is 2.94. The van der Waals surface area contributed by atoms with E-state index in [4.69, 9.17) is 4.74 Å². The molecule has 2 aliphatic rings. The van der Waals surface area contributed by atoms with Crippen molar-refractivity contribution in [1.29, 1.82) is 10.5 Å². The summed E-state index contributed by atoms with van der Waals surface area (Å²) in [5.74, 6) is -0.782. The van der Waals surface area contributed by atoms with E-state index in [1.54, 1.807) is 0 Å². The number of hydrogen-bond acceptors (Lipinski definition) is 5. The number of carbonyl (C=O) groups is 1. The van der Waals surface area contributed by atoms with Crippen molar-refractivity contribution in [3.05, 3.63) is 83.1 Å². The molecule has 0 bridgehead atoms. The van der Waals surface area contributed by atoms with Crippen molar-refractivity contribution in [3.63, 3.8) is 0 Å². The van der Waals surface area contributed by atoms with E-state index >= 15 is 0 Å². The van der Waals surface area contributed by atoms with Gasteiger partial charge in [-0.05, 0) is 23.6 Å². The lowest BCUT2D eigenvalue weighted by Crippen LogP contribution is -2.31. The number of benzene rings is 2. The predicted molar refractivity (Wildman–Crippen MR) is 110 cm³/mol. The van der Waals surface area contributed by atoms with Gasteiger partial charge in [0.25, 0.3) is 0 Å². The van der Waals surface area contributed by atoms with Crippen LogP contribution < -0.4 is 4.74 Å². The number of aromatic nitrogens is 1. The van der Waals surface area contributed by atoms with Crippen molar-refractivity contribution < 1.29 is 9.53 Å². The molecular weight excluding hydrogens is 374 g/mol. The second kappa shape index (κ2) is 7.13. The number of nitriles is 2. The third kappa shape index (κ3) is 2.84. The minimum absolute atomic E-state index is 0.00253. The summed E-state index contributed by atoms with van der Waals surface area (Å²) in [6, 6.07) is 23.5. The van der Waals surface area contributed by atoms with Gasteiger partial charge in [-0.2, -0.15) is 10.5 Å². The third-order valence-corrected chi connectivity index (χ3v) is 5.93. The molecule has 1 aliphatic carbocycles. The molecule has 0 fully saturated rings. The molecule has 0 saturated carbocycles. The number of pyridine rings is 1. The van der Waals surface area contributed by atoms with Gasteiger partial charge >= 0.3 is 0 Å². The van der Waals surface area contributed by atoms with E-state index in [1.807, 2.05) is 60.7 Å². The van der Waals surface area contributed by atoms with Crippen molar-refractivity contribution in [2.45, 2.75) is 24.7 Å². The maximum atomic E-state index is 13.3. The normalized spacial score (nSPS) is 20.2. The molecule has 2 atom stereocenters. The number of rotatable bonds is 2. The second-order valence-electron chi connectivity index (χ2n) is 7.67. The lowest BCUT2D eigenvalue weighted by Gasteiger charge is -2.35. The molecule has 2 heterocycles. The number of allylic oxidation sites excluding steroid dienone is 2. The summed E-state index contributed by atoms with van der Waals surface area (Å²) >= 11 is 0. The van der Waals surface area contributed by atoms with Gasteiger partial charge in [-0.25, -0.2) is 4.98 Å². The Labute approximate surface area is 173 Å². The summed E-state index contributed by atoms with van der Waals surface area (Å²) in [6.45, 7) is 0. The number of Topliss-reactive ketones (excluding diaryl/α,β-unsaturated/α-hetero) is 1. The van der Waals surface area contributed by atoms with Crippen LogP contribution in [0.25, 0.3) is 10.9 Å². The number of carbonyl (C=O) groups excluding carboxylic acids is 1. The standard InChI is InChI=1S/C25H17N3O2/c26-13-18(14-27)23-19-10-16-8-4-5-9-20(16)28-25(19)30-22-12-17(11-21(29)24(22)23)15-6-2-1-3-7-15/h1-10,17-18,23H,11-12H2. The Balaban J connectivity index is 1.67. The first-order valence-corrected chi connectivity index (χ1v) is 9.87. The van der Waals surface area contributed by atoms with E-state index in [1.165, 1.54) is 0 Å². The highest BCUT2D eigenvalue weighted by Crippen LogP contribution is 2.49. The van der Waals surface area contributed by atoms with Crippen molar-refractivity contribution in [2.24, 2.45) is 5.92 Å². The van der Waals surface area contributed by atoms with Gasteiger partial charge in [0.1, 0.15) is 11.7 Å². The topological polar surface area (TPSA) is 86.8 Å². The minimum atomic E-state index is -0.988. The largest absolute Gasteiger partial charge is 0.443 e. The zero-order valence-electron chi connectivity index (χ0n) is 16.1. The lowest BCUT2D eigenvalue weighted by atomic mass is 9.72. The van der Waals surface area contributed by atoms with Crippen LogP contribution in [0.1, 0.15) is 35.8 Å². The molecular formula is C25H17N3O2. The van der Waals surface area contributed by atoms with E-state index in [-0.39, 0.29) is 11.7 Å². The quantitative estimate of drug-likeness (QED) is 0.628. The monoisotopic (exact) mass is 391 g/mol. The minimum Gasteiger partial charge on any atom is -0.443 e. The molecule has 144 valence electrons. The zero-order valence-corrected chi connectivity index (χ0v) is 16.1. The Morgan fingerprint density at radius 2 is 1.73 bits per heavy atom. The summed E-state index contributed by atoms with van der Waals surface area (Å²) < 4.78 is 6.16. The fourth-order valence-corrected chi connectivity index (χ4v) is 4.52. The van der Waals surface area contributed by atoms with Gasteiger partial charge in [-0.1, -0.05) is 48.5 Å². The van der Waals surface area contributed by atoms with Gasteiger partial charge in [0.05, 0.1) is 23.6 Å². The second-order valence-corrected chi connectivity index (χ2v) is 7.67. The number of nitrogens with zero attached hydrogens (tertiary/aromatic N) is 3. The molecule has 1 aliphatic heterocycles. The molecule has 3 aromatic rings. The van der Waals surface area contributed by atoms with Crippen LogP contribution in [0.15, 0.2) is 72.0 Å². The van der Waals surface area contributed by atoms with Crippen LogP contribution in [0.3, 0.4) is 0 Å². The highest BCUT2D eigenvalue weighted by Gasteiger charge is 2.43. The molecule has 30 heavy (non-hydrogen) atoms. The number of hydrogen-bond donors (Lipinski definition) is 0. The van der Waals surface area contributed by atoms with Gasteiger partial charge in [0.15, 0.2) is 5.78 Å². The Bertz CT molecular complexity index is 1270. The molecule has 2 unspecified atom stereocenters. The summed E-state index contributed by atoms with van der Waals surface area (Å²) in [6.07, 6.45) is 0.877. The Morgan fingerprint density at radius 1 is 1.00 bits per heavy atom. The van der Waals surface area contributed by atoms with Crippen LogP contribution >= 0.6 is 0 Å². The van der Waals surface area contributed by atoms with Gasteiger partial charge in [0, 0.05) is 29.4 Å². The summed E-state index contributed by atoms with van der Waals surface area (Å²) in [5, 5.41) is 20.2. The van der Waals surface area contributed by atoms with Gasteiger partial charge < -0.3 is 4.74 Å². The van der Waals surface area contributed by atoms with E-state index in [2.05, 4.69) is 17.1 Å². The lowest BCUT2D eigenvalue weighted by molar-refractivity contribution is -0.117. The van der Waals surface area contributed by atoms with Gasteiger partial charge in [-0.15, -0.1) is 0 Å². The molecule has 1 aromatic heterocycles. The van der Waals surface area contributed by atoms with Crippen LogP contribution in [0.5, 0.6) is 5.88 Å². The molecule has 0 radical (unpaired) electrons. The molecule has 0 saturated heterocycles. The summed E-state index contributed by atoms with van der Waals surface area (Å²) in [7, 11) is 0. The van der Waals surface area contributed by atoms with Crippen LogP contribution in [0, 0.1) is 28.6 Å². The molecule has 0 spiro atoms. The van der Waals surface area contributed by atoms with E-state index in [9.17, 15) is 15.3 Å². The number of ether oxygens (including phenoxy) is 1. The van der Waals surface area contributed by atoms with E-state index < -0.39 is 11.8 Å². The Morgan fingerprint density at radius 3 is 2.50 bits per heavy atom. The van der Waals surface area contributed by atoms with Crippen molar-refractivity contribution in [3.8, 4) is 18.0 Å². The number of para-hydroxylation sites is 1. The molecule has 5 rings (SSSR count). The van der Waals surface area contributed by atoms with Crippen LogP contribution in [0.2, 0.25) is 0 Å². The van der Waals surface area contributed by atoms with Crippen molar-refractivity contribution in [1.82, 2.24) is 4.98 Å². The smallest absolute Gasteiger partial charge is 0.223 e. The van der Waals surface area contributed by atoms with E-state index in [0.717, 1.165) is 16.5 Å². The van der Waals surface area contributed by atoms with Crippen molar-refractivity contribution >= 4 is 16.7 Å². The van der Waals surface area contributed by atoms with Gasteiger partial charge in [0.2, 0.25) is 5.88 Å². The number of ketones is 1. The summed E-state index contributed by atoms with van der Waals surface area (Å²) in [4.78, 5) is 17.9. The average molecular weight is 391 g/mol. The van der Waals surface area contributed by atoms with Crippen molar-refractivity contribution in [2.75, 3.05) is 0 Å².